The number of rotatable bonds is 2. The average molecular weight is 223 g/mol. The molecule has 0 aliphatic carbocycles. The molecule has 1 heterocycles. The second-order valence-electron chi connectivity index (χ2n) is 4.42. The number of nitrogens with two attached hydrogens (primary N) is 1. The summed E-state index contributed by atoms with van der Waals surface area (Å²) in [6.07, 6.45) is 0. The van der Waals surface area contributed by atoms with Crippen molar-refractivity contribution in [2.24, 2.45) is 5.73 Å². The Morgan fingerprint density at radius 3 is 2.56 bits per heavy atom. The van der Waals surface area contributed by atoms with Crippen molar-refractivity contribution in [3.05, 3.63) is 17.7 Å². The van der Waals surface area contributed by atoms with Gasteiger partial charge >= 0.3 is 0 Å². The maximum Gasteiger partial charge on any atom is 0.203 e. The lowest BCUT2D eigenvalue weighted by atomic mass is 9.95. The molecule has 4 heteroatoms. The molecule has 0 spiro atoms. The van der Waals surface area contributed by atoms with Crippen LogP contribution in [0.15, 0.2) is 12.1 Å². The van der Waals surface area contributed by atoms with Gasteiger partial charge in [0.2, 0.25) is 5.75 Å². The van der Waals surface area contributed by atoms with Crippen molar-refractivity contribution in [1.29, 1.82) is 0 Å². The Labute approximate surface area is 95.3 Å². The van der Waals surface area contributed by atoms with Crippen LogP contribution < -0.4 is 19.9 Å². The Balaban J connectivity index is 2.52. The zero-order valence-electron chi connectivity index (χ0n) is 9.87. The van der Waals surface area contributed by atoms with Crippen molar-refractivity contribution in [3.63, 3.8) is 0 Å². The third kappa shape index (κ3) is 1.93. The Bertz CT molecular complexity index is 379. The fourth-order valence-electron chi connectivity index (χ4n) is 1.65. The molecule has 0 amide bonds. The molecular weight excluding hydrogens is 206 g/mol. The maximum atomic E-state index is 6.06. The van der Waals surface area contributed by atoms with E-state index in [1.807, 2.05) is 26.0 Å². The third-order valence-electron chi connectivity index (χ3n) is 2.57. The zero-order valence-corrected chi connectivity index (χ0v) is 9.87. The van der Waals surface area contributed by atoms with E-state index in [-0.39, 0.29) is 0 Å². The van der Waals surface area contributed by atoms with Gasteiger partial charge in [-0.15, -0.1) is 0 Å². The van der Waals surface area contributed by atoms with Gasteiger partial charge < -0.3 is 19.9 Å². The second-order valence-corrected chi connectivity index (χ2v) is 4.42. The van der Waals surface area contributed by atoms with Gasteiger partial charge in [0, 0.05) is 5.54 Å². The fraction of sp³-hybridized carbons (Fsp3) is 0.500. The molecule has 0 aromatic heterocycles. The van der Waals surface area contributed by atoms with E-state index >= 15 is 0 Å². The van der Waals surface area contributed by atoms with Gasteiger partial charge in [0.15, 0.2) is 11.5 Å². The minimum Gasteiger partial charge on any atom is -0.493 e. The molecule has 0 unspecified atom stereocenters. The molecule has 0 bridgehead atoms. The van der Waals surface area contributed by atoms with E-state index in [2.05, 4.69) is 0 Å². The Morgan fingerprint density at radius 1 is 1.25 bits per heavy atom. The maximum absolute atomic E-state index is 6.06. The predicted molar refractivity (Wildman–Crippen MR) is 61.2 cm³/mol. The molecule has 0 saturated heterocycles. The molecule has 0 atom stereocenters. The summed E-state index contributed by atoms with van der Waals surface area (Å²) in [4.78, 5) is 0. The van der Waals surface area contributed by atoms with E-state index < -0.39 is 5.54 Å². The van der Waals surface area contributed by atoms with E-state index in [4.69, 9.17) is 19.9 Å². The number of ether oxygens (including phenoxy) is 3. The van der Waals surface area contributed by atoms with Gasteiger partial charge in [0.05, 0.1) is 7.11 Å². The van der Waals surface area contributed by atoms with Crippen molar-refractivity contribution in [1.82, 2.24) is 0 Å². The van der Waals surface area contributed by atoms with Crippen molar-refractivity contribution in [2.45, 2.75) is 19.4 Å². The number of methoxy groups -OCH3 is 1. The van der Waals surface area contributed by atoms with Crippen molar-refractivity contribution < 1.29 is 14.2 Å². The summed E-state index contributed by atoms with van der Waals surface area (Å²) in [6.45, 7) is 5.00. The van der Waals surface area contributed by atoms with Crippen LogP contribution in [-0.2, 0) is 5.54 Å². The molecule has 0 fully saturated rings. The number of hydrogen-bond acceptors (Lipinski definition) is 4. The van der Waals surface area contributed by atoms with Gasteiger partial charge in [-0.05, 0) is 31.5 Å². The van der Waals surface area contributed by atoms with Gasteiger partial charge in [-0.25, -0.2) is 0 Å². The average Bonchev–Trinajstić information content (AvgIpc) is 2.26. The van der Waals surface area contributed by atoms with Crippen LogP contribution in [0.4, 0.5) is 0 Å². The number of benzene rings is 1. The summed E-state index contributed by atoms with van der Waals surface area (Å²) in [7, 11) is 1.61. The minimum absolute atomic E-state index is 0.427. The lowest BCUT2D eigenvalue weighted by molar-refractivity contribution is 0.164. The van der Waals surface area contributed by atoms with E-state index in [0.717, 1.165) is 5.56 Å². The summed E-state index contributed by atoms with van der Waals surface area (Å²) in [6, 6.07) is 3.81. The molecule has 0 radical (unpaired) electrons. The first-order valence-corrected chi connectivity index (χ1v) is 5.29. The zero-order chi connectivity index (χ0) is 11.8. The Kier molecular flexibility index (Phi) is 2.68. The lowest BCUT2D eigenvalue weighted by Crippen LogP contribution is -2.29. The van der Waals surface area contributed by atoms with Crippen LogP contribution in [0, 0.1) is 0 Å². The normalized spacial score (nSPS) is 14.8. The van der Waals surface area contributed by atoms with Gasteiger partial charge in [-0.2, -0.15) is 0 Å². The van der Waals surface area contributed by atoms with Crippen molar-refractivity contribution in [3.8, 4) is 17.2 Å². The quantitative estimate of drug-likeness (QED) is 0.828. The fourth-order valence-corrected chi connectivity index (χ4v) is 1.65. The summed E-state index contributed by atoms with van der Waals surface area (Å²) in [5.41, 5.74) is 6.60. The van der Waals surface area contributed by atoms with Crippen LogP contribution in [0.3, 0.4) is 0 Å². The van der Waals surface area contributed by atoms with E-state index in [0.29, 0.717) is 30.5 Å². The first-order valence-electron chi connectivity index (χ1n) is 5.29. The van der Waals surface area contributed by atoms with E-state index in [1.165, 1.54) is 0 Å². The molecular formula is C12H17NO3. The highest BCUT2D eigenvalue weighted by Gasteiger charge is 2.23. The SMILES string of the molecule is COc1cc(C(C)(C)N)cc2c1OCCO2. The Hall–Kier alpha value is -1.42. The first kappa shape index (κ1) is 11.1. The molecule has 2 rings (SSSR count). The number of hydrogen-bond donors (Lipinski definition) is 1. The first-order chi connectivity index (χ1) is 7.52. The van der Waals surface area contributed by atoms with E-state index in [9.17, 15) is 0 Å². The molecule has 1 aromatic rings. The predicted octanol–water partition coefficient (Wildman–Crippen LogP) is 1.66. The molecule has 1 aliphatic rings. The molecule has 1 aliphatic heterocycles. The van der Waals surface area contributed by atoms with Gasteiger partial charge in [0.25, 0.3) is 0 Å². The number of fused-ring (bicyclic) bond motifs is 1. The van der Waals surface area contributed by atoms with Crippen LogP contribution in [0.2, 0.25) is 0 Å². The van der Waals surface area contributed by atoms with Crippen LogP contribution in [0.1, 0.15) is 19.4 Å². The van der Waals surface area contributed by atoms with Crippen molar-refractivity contribution in [2.75, 3.05) is 20.3 Å². The standard InChI is InChI=1S/C12H17NO3/c1-12(2,13)8-6-9(14-3)11-10(7-8)15-4-5-16-11/h6-7H,4-5,13H2,1-3H3. The summed E-state index contributed by atoms with van der Waals surface area (Å²) in [5.74, 6) is 2.05. The van der Waals surface area contributed by atoms with Gasteiger partial charge in [-0.3, -0.25) is 0 Å². The smallest absolute Gasteiger partial charge is 0.203 e. The van der Waals surface area contributed by atoms with Gasteiger partial charge in [-0.1, -0.05) is 0 Å². The molecule has 0 saturated carbocycles. The second kappa shape index (κ2) is 3.87. The summed E-state index contributed by atoms with van der Waals surface area (Å²) < 4.78 is 16.4. The largest absolute Gasteiger partial charge is 0.493 e. The molecule has 4 nitrogen and oxygen atoms in total. The minimum atomic E-state index is -0.427. The monoisotopic (exact) mass is 223 g/mol. The highest BCUT2D eigenvalue weighted by molar-refractivity contribution is 5.55. The van der Waals surface area contributed by atoms with E-state index in [1.54, 1.807) is 7.11 Å². The molecule has 1 aromatic carbocycles. The Morgan fingerprint density at radius 2 is 1.94 bits per heavy atom. The van der Waals surface area contributed by atoms with Crippen LogP contribution >= 0.6 is 0 Å². The lowest BCUT2D eigenvalue weighted by Gasteiger charge is -2.25. The van der Waals surface area contributed by atoms with Gasteiger partial charge in [0.1, 0.15) is 13.2 Å². The summed E-state index contributed by atoms with van der Waals surface area (Å²) in [5, 5.41) is 0. The highest BCUT2D eigenvalue weighted by atomic mass is 16.6. The van der Waals surface area contributed by atoms with Crippen molar-refractivity contribution >= 4 is 0 Å². The molecule has 16 heavy (non-hydrogen) atoms. The molecule has 88 valence electrons. The highest BCUT2D eigenvalue weighted by Crippen LogP contribution is 2.42. The van der Waals surface area contributed by atoms with Crippen LogP contribution in [-0.4, -0.2) is 20.3 Å². The molecule has 2 N–H and O–H groups in total. The van der Waals surface area contributed by atoms with Crippen LogP contribution in [0.5, 0.6) is 17.2 Å². The van der Waals surface area contributed by atoms with Crippen LogP contribution in [0.25, 0.3) is 0 Å². The third-order valence-corrected chi connectivity index (χ3v) is 2.57. The summed E-state index contributed by atoms with van der Waals surface area (Å²) >= 11 is 0. The topological polar surface area (TPSA) is 53.7 Å².